The fourth-order valence-electron chi connectivity index (χ4n) is 2.86. The molecule has 6 nitrogen and oxygen atoms in total. The van der Waals surface area contributed by atoms with E-state index in [1.165, 1.54) is 0 Å². The van der Waals surface area contributed by atoms with Crippen LogP contribution in [0.4, 0.5) is 4.79 Å². The van der Waals surface area contributed by atoms with Crippen LogP contribution >= 0.6 is 0 Å². The summed E-state index contributed by atoms with van der Waals surface area (Å²) in [6.07, 6.45) is 4.17. The maximum absolute atomic E-state index is 13.1. The molecule has 6 heteroatoms. The topological polar surface area (TPSA) is 67.9 Å². The molecule has 2 atom stereocenters. The first kappa shape index (κ1) is 21.1. The van der Waals surface area contributed by atoms with Crippen LogP contribution in [0.15, 0.2) is 24.1 Å². The molecule has 25 heavy (non-hydrogen) atoms. The van der Waals surface area contributed by atoms with Crippen molar-refractivity contribution in [1.82, 2.24) is 10.2 Å². The van der Waals surface area contributed by atoms with Gasteiger partial charge in [-0.05, 0) is 33.6 Å². The molecule has 0 unspecified atom stereocenters. The normalized spacial score (nSPS) is 18.6. The van der Waals surface area contributed by atoms with Crippen molar-refractivity contribution >= 4 is 12.0 Å². The van der Waals surface area contributed by atoms with Gasteiger partial charge in [0.1, 0.15) is 17.4 Å². The average molecular weight is 352 g/mol. The van der Waals surface area contributed by atoms with Gasteiger partial charge in [-0.25, -0.2) is 4.79 Å². The Hall–Kier alpha value is -1.98. The lowest BCUT2D eigenvalue weighted by molar-refractivity contribution is -0.133. The third-order valence-electron chi connectivity index (χ3n) is 3.86. The molecular formula is C19H32N2O4. The molecule has 0 spiro atoms. The van der Waals surface area contributed by atoms with Gasteiger partial charge in [0.15, 0.2) is 0 Å². The molecule has 0 aromatic rings. The first-order chi connectivity index (χ1) is 11.6. The third-order valence-corrected chi connectivity index (χ3v) is 3.86. The van der Waals surface area contributed by atoms with E-state index in [9.17, 15) is 9.59 Å². The molecule has 0 saturated heterocycles. The van der Waals surface area contributed by atoms with Crippen molar-refractivity contribution in [2.45, 2.75) is 78.0 Å². The first-order valence-electron chi connectivity index (χ1n) is 8.91. The Balaban J connectivity index is 2.94. The van der Waals surface area contributed by atoms with Gasteiger partial charge in [-0.2, -0.15) is 0 Å². The molecule has 1 aliphatic heterocycles. The summed E-state index contributed by atoms with van der Waals surface area (Å²) in [7, 11) is 1.60. The van der Waals surface area contributed by atoms with Crippen molar-refractivity contribution in [2.24, 2.45) is 0 Å². The Labute approximate surface area is 151 Å². The summed E-state index contributed by atoms with van der Waals surface area (Å²) in [5.74, 6) is 0.548. The van der Waals surface area contributed by atoms with Crippen LogP contribution in [0.1, 0.15) is 60.3 Å². The predicted molar refractivity (Wildman–Crippen MR) is 97.8 cm³/mol. The maximum Gasteiger partial charge on any atom is 0.408 e. The summed E-state index contributed by atoms with van der Waals surface area (Å²) in [6.45, 7) is 13.4. The van der Waals surface area contributed by atoms with Gasteiger partial charge in [0.25, 0.3) is 0 Å². The molecule has 2 amide bonds. The zero-order valence-electron chi connectivity index (χ0n) is 16.3. The van der Waals surface area contributed by atoms with Gasteiger partial charge < -0.3 is 19.7 Å². The lowest BCUT2D eigenvalue weighted by Gasteiger charge is -2.31. The molecule has 0 bridgehead atoms. The molecular weight excluding hydrogens is 320 g/mol. The largest absolute Gasteiger partial charge is 0.499 e. The van der Waals surface area contributed by atoms with E-state index in [1.807, 2.05) is 6.92 Å². The molecule has 0 saturated carbocycles. The minimum Gasteiger partial charge on any atom is -0.499 e. The number of nitrogens with zero attached hydrogens (tertiary/aromatic N) is 1. The fourth-order valence-corrected chi connectivity index (χ4v) is 2.86. The highest BCUT2D eigenvalue weighted by molar-refractivity contribution is 5.88. The Morgan fingerprint density at radius 2 is 1.96 bits per heavy atom. The summed E-state index contributed by atoms with van der Waals surface area (Å²) >= 11 is 0. The number of ether oxygens (including phenoxy) is 2. The molecule has 1 aliphatic rings. The SMILES string of the molecule is C=C1C=C(OC)[C@@H](CCC)N1C(=O)[C@H](CCC)NC(=O)OC(C)(C)C. The standard InChI is InChI=1S/C19H32N2O4/c1-8-10-14(20-18(23)25-19(4,5)6)17(22)21-13(3)12-16(24-7)15(21)11-9-2/h12,14-15H,3,8-11H2,1-2,4-7H3,(H,20,23)/t14-,15+/m0/s1. The molecule has 0 radical (unpaired) electrons. The van der Waals surface area contributed by atoms with Gasteiger partial charge in [-0.1, -0.05) is 33.3 Å². The Morgan fingerprint density at radius 3 is 2.44 bits per heavy atom. The quantitative estimate of drug-likeness (QED) is 0.758. The second-order valence-electron chi connectivity index (χ2n) is 7.24. The average Bonchev–Trinajstić information content (AvgIpc) is 2.80. The molecule has 1 rings (SSSR count). The van der Waals surface area contributed by atoms with Gasteiger partial charge in [-0.15, -0.1) is 0 Å². The van der Waals surface area contributed by atoms with Crippen LogP contribution in [0.3, 0.4) is 0 Å². The number of carbonyl (C=O) groups excluding carboxylic acids is 2. The smallest absolute Gasteiger partial charge is 0.408 e. The van der Waals surface area contributed by atoms with E-state index < -0.39 is 17.7 Å². The summed E-state index contributed by atoms with van der Waals surface area (Å²) < 4.78 is 10.7. The highest BCUT2D eigenvalue weighted by atomic mass is 16.6. The van der Waals surface area contributed by atoms with Gasteiger partial charge in [0.05, 0.1) is 13.2 Å². The van der Waals surface area contributed by atoms with Gasteiger partial charge >= 0.3 is 6.09 Å². The number of nitrogens with one attached hydrogen (secondary N) is 1. The van der Waals surface area contributed by atoms with Crippen LogP contribution in [-0.4, -0.2) is 41.7 Å². The van der Waals surface area contributed by atoms with Crippen molar-refractivity contribution in [3.8, 4) is 0 Å². The van der Waals surface area contributed by atoms with Crippen molar-refractivity contribution in [2.75, 3.05) is 7.11 Å². The summed E-state index contributed by atoms with van der Waals surface area (Å²) in [5, 5.41) is 2.71. The van der Waals surface area contributed by atoms with E-state index in [-0.39, 0.29) is 11.9 Å². The zero-order chi connectivity index (χ0) is 19.2. The zero-order valence-corrected chi connectivity index (χ0v) is 16.3. The Bertz CT molecular complexity index is 534. The van der Waals surface area contributed by atoms with E-state index in [1.54, 1.807) is 38.9 Å². The van der Waals surface area contributed by atoms with Crippen molar-refractivity contribution in [3.05, 3.63) is 24.1 Å². The van der Waals surface area contributed by atoms with Crippen LogP contribution in [0.5, 0.6) is 0 Å². The number of methoxy groups -OCH3 is 1. The fraction of sp³-hybridized carbons (Fsp3) is 0.684. The lowest BCUT2D eigenvalue weighted by atomic mass is 10.1. The van der Waals surface area contributed by atoms with E-state index >= 15 is 0 Å². The monoisotopic (exact) mass is 352 g/mol. The van der Waals surface area contributed by atoms with Crippen LogP contribution in [0.2, 0.25) is 0 Å². The van der Waals surface area contributed by atoms with Crippen molar-refractivity contribution < 1.29 is 19.1 Å². The van der Waals surface area contributed by atoms with E-state index in [0.717, 1.165) is 25.0 Å². The second-order valence-corrected chi connectivity index (χ2v) is 7.24. The van der Waals surface area contributed by atoms with Crippen molar-refractivity contribution in [1.29, 1.82) is 0 Å². The van der Waals surface area contributed by atoms with Crippen LogP contribution < -0.4 is 5.32 Å². The summed E-state index contributed by atoms with van der Waals surface area (Å²) in [4.78, 5) is 26.8. The molecule has 0 aromatic heterocycles. The molecule has 1 N–H and O–H groups in total. The van der Waals surface area contributed by atoms with Crippen LogP contribution in [-0.2, 0) is 14.3 Å². The minimum atomic E-state index is -0.652. The number of alkyl carbamates (subject to hydrolysis) is 1. The van der Waals surface area contributed by atoms with Crippen LogP contribution in [0, 0.1) is 0 Å². The number of rotatable bonds is 7. The van der Waals surface area contributed by atoms with Crippen LogP contribution in [0.25, 0.3) is 0 Å². The minimum absolute atomic E-state index is 0.171. The van der Waals surface area contributed by atoms with E-state index in [2.05, 4.69) is 18.8 Å². The Kier molecular flexibility index (Phi) is 7.52. The predicted octanol–water partition coefficient (Wildman–Crippen LogP) is 3.73. The highest BCUT2D eigenvalue weighted by Crippen LogP contribution is 2.30. The number of amides is 2. The second kappa shape index (κ2) is 8.92. The van der Waals surface area contributed by atoms with E-state index in [0.29, 0.717) is 12.1 Å². The molecule has 142 valence electrons. The molecule has 0 aliphatic carbocycles. The van der Waals surface area contributed by atoms with E-state index in [4.69, 9.17) is 9.47 Å². The first-order valence-corrected chi connectivity index (χ1v) is 8.91. The third kappa shape index (κ3) is 5.80. The van der Waals surface area contributed by atoms with Gasteiger partial charge in [0, 0.05) is 11.8 Å². The number of allylic oxidation sites excluding steroid dienone is 1. The molecule has 1 heterocycles. The Morgan fingerprint density at radius 1 is 1.32 bits per heavy atom. The summed E-state index contributed by atoms with van der Waals surface area (Å²) in [5.41, 5.74) is -0.0242. The summed E-state index contributed by atoms with van der Waals surface area (Å²) in [6, 6.07) is -0.824. The molecule has 0 aromatic carbocycles. The van der Waals surface area contributed by atoms with Crippen molar-refractivity contribution in [3.63, 3.8) is 0 Å². The van der Waals surface area contributed by atoms with Gasteiger partial charge in [-0.3, -0.25) is 4.79 Å². The van der Waals surface area contributed by atoms with Gasteiger partial charge in [0.2, 0.25) is 5.91 Å². The highest BCUT2D eigenvalue weighted by Gasteiger charge is 2.38. The molecule has 0 fully saturated rings. The number of hydrogen-bond donors (Lipinski definition) is 1. The maximum atomic E-state index is 13.1. The number of carbonyl (C=O) groups is 2. The lowest BCUT2D eigenvalue weighted by Crippen LogP contribution is -2.51. The number of hydrogen-bond acceptors (Lipinski definition) is 4.